The maximum atomic E-state index is 5.88. The van der Waals surface area contributed by atoms with Crippen LogP contribution in [-0.2, 0) is 6.42 Å². The maximum Gasteiger partial charge on any atom is 0.0412 e. The van der Waals surface area contributed by atoms with Gasteiger partial charge in [0, 0.05) is 14.6 Å². The van der Waals surface area contributed by atoms with E-state index in [0.29, 0.717) is 0 Å². The molecular formula is C10H9ClS. The number of halogens is 1. The molecule has 1 aromatic carbocycles. The summed E-state index contributed by atoms with van der Waals surface area (Å²) in [5, 5.41) is 2.09. The Balaban J connectivity index is 2.67. The van der Waals surface area contributed by atoms with Crippen molar-refractivity contribution in [3.8, 4) is 0 Å². The van der Waals surface area contributed by atoms with Crippen molar-refractivity contribution >= 4 is 33.0 Å². The monoisotopic (exact) mass is 196 g/mol. The lowest BCUT2D eigenvalue weighted by Gasteiger charge is -1.88. The molecule has 0 radical (unpaired) electrons. The maximum absolute atomic E-state index is 5.88. The van der Waals surface area contributed by atoms with Gasteiger partial charge in [-0.1, -0.05) is 18.5 Å². The van der Waals surface area contributed by atoms with Crippen molar-refractivity contribution in [2.45, 2.75) is 13.3 Å². The van der Waals surface area contributed by atoms with Crippen LogP contribution in [0.5, 0.6) is 0 Å². The van der Waals surface area contributed by atoms with E-state index in [4.69, 9.17) is 11.6 Å². The van der Waals surface area contributed by atoms with Crippen LogP contribution in [0.2, 0.25) is 5.02 Å². The van der Waals surface area contributed by atoms with Crippen molar-refractivity contribution in [3.05, 3.63) is 34.2 Å². The van der Waals surface area contributed by atoms with E-state index in [9.17, 15) is 0 Å². The third kappa shape index (κ3) is 1.35. The molecule has 1 heterocycles. The van der Waals surface area contributed by atoms with Gasteiger partial charge in [-0.2, -0.15) is 0 Å². The molecule has 0 N–H and O–H groups in total. The molecule has 0 unspecified atom stereocenters. The van der Waals surface area contributed by atoms with Gasteiger partial charge < -0.3 is 0 Å². The van der Waals surface area contributed by atoms with Gasteiger partial charge in [0.25, 0.3) is 0 Å². The summed E-state index contributed by atoms with van der Waals surface area (Å²) in [4.78, 5) is 1.42. The minimum atomic E-state index is 0.822. The molecule has 0 aliphatic heterocycles. The summed E-state index contributed by atoms with van der Waals surface area (Å²) in [5.41, 5.74) is 0. The van der Waals surface area contributed by atoms with Crippen molar-refractivity contribution in [1.29, 1.82) is 0 Å². The molecule has 2 rings (SSSR count). The first-order valence-electron chi connectivity index (χ1n) is 3.97. The molecule has 0 aliphatic rings. The number of fused-ring (bicyclic) bond motifs is 1. The smallest absolute Gasteiger partial charge is 0.0412 e. The largest absolute Gasteiger partial charge is 0.140 e. The van der Waals surface area contributed by atoms with Gasteiger partial charge in [0.15, 0.2) is 0 Å². The summed E-state index contributed by atoms with van der Waals surface area (Å²) in [5.74, 6) is 0. The zero-order valence-electron chi connectivity index (χ0n) is 6.80. The van der Waals surface area contributed by atoms with Gasteiger partial charge in [-0.05, 0) is 36.1 Å². The SMILES string of the molecule is CCc1cc2cc(Cl)ccc2s1. The molecule has 0 saturated heterocycles. The molecule has 0 bridgehead atoms. The highest BCUT2D eigenvalue weighted by atomic mass is 35.5. The molecule has 2 heteroatoms. The number of rotatable bonds is 1. The first-order chi connectivity index (χ1) is 5.79. The van der Waals surface area contributed by atoms with E-state index in [1.54, 1.807) is 0 Å². The second kappa shape index (κ2) is 3.08. The highest BCUT2D eigenvalue weighted by Gasteiger charge is 1.99. The molecule has 62 valence electrons. The van der Waals surface area contributed by atoms with Crippen LogP contribution in [0, 0.1) is 0 Å². The Labute approximate surface area is 80.8 Å². The Morgan fingerprint density at radius 2 is 2.17 bits per heavy atom. The van der Waals surface area contributed by atoms with Crippen LogP contribution in [0.15, 0.2) is 24.3 Å². The highest BCUT2D eigenvalue weighted by molar-refractivity contribution is 7.19. The van der Waals surface area contributed by atoms with Crippen LogP contribution < -0.4 is 0 Å². The molecule has 0 aliphatic carbocycles. The van der Waals surface area contributed by atoms with Crippen molar-refractivity contribution in [1.82, 2.24) is 0 Å². The summed E-state index contributed by atoms with van der Waals surface area (Å²) in [6.07, 6.45) is 1.11. The van der Waals surface area contributed by atoms with Gasteiger partial charge in [-0.3, -0.25) is 0 Å². The second-order valence-corrected chi connectivity index (χ2v) is 4.35. The summed E-state index contributed by atoms with van der Waals surface area (Å²) in [7, 11) is 0. The first-order valence-corrected chi connectivity index (χ1v) is 5.17. The fraction of sp³-hybridized carbons (Fsp3) is 0.200. The Hall–Kier alpha value is -0.530. The zero-order chi connectivity index (χ0) is 8.55. The minimum Gasteiger partial charge on any atom is -0.140 e. The Kier molecular flexibility index (Phi) is 2.07. The van der Waals surface area contributed by atoms with Crippen LogP contribution >= 0.6 is 22.9 Å². The van der Waals surface area contributed by atoms with Crippen LogP contribution in [0.1, 0.15) is 11.8 Å². The lowest BCUT2D eigenvalue weighted by Crippen LogP contribution is -1.65. The average molecular weight is 197 g/mol. The topological polar surface area (TPSA) is 0 Å². The first kappa shape index (κ1) is 8.09. The fourth-order valence-electron chi connectivity index (χ4n) is 1.24. The van der Waals surface area contributed by atoms with Crippen molar-refractivity contribution in [2.75, 3.05) is 0 Å². The van der Waals surface area contributed by atoms with Crippen LogP contribution in [-0.4, -0.2) is 0 Å². The predicted octanol–water partition coefficient (Wildman–Crippen LogP) is 4.12. The van der Waals surface area contributed by atoms with Crippen LogP contribution in [0.25, 0.3) is 10.1 Å². The normalized spacial score (nSPS) is 10.8. The third-order valence-electron chi connectivity index (χ3n) is 1.88. The van der Waals surface area contributed by atoms with E-state index >= 15 is 0 Å². The second-order valence-electron chi connectivity index (χ2n) is 2.75. The fourth-order valence-corrected chi connectivity index (χ4v) is 2.41. The lowest BCUT2D eigenvalue weighted by atomic mass is 10.2. The Morgan fingerprint density at radius 1 is 1.33 bits per heavy atom. The van der Waals surface area contributed by atoms with Crippen molar-refractivity contribution in [3.63, 3.8) is 0 Å². The number of benzene rings is 1. The molecule has 2 aromatic rings. The van der Waals surface area contributed by atoms with Crippen LogP contribution in [0.3, 0.4) is 0 Å². The molecule has 12 heavy (non-hydrogen) atoms. The van der Waals surface area contributed by atoms with E-state index in [1.165, 1.54) is 15.0 Å². The molecule has 0 saturated carbocycles. The molecular weight excluding hydrogens is 188 g/mol. The zero-order valence-corrected chi connectivity index (χ0v) is 8.38. The van der Waals surface area contributed by atoms with Gasteiger partial charge in [-0.25, -0.2) is 0 Å². The van der Waals surface area contributed by atoms with Crippen LogP contribution in [0.4, 0.5) is 0 Å². The summed E-state index contributed by atoms with van der Waals surface area (Å²) < 4.78 is 1.33. The summed E-state index contributed by atoms with van der Waals surface area (Å²) >= 11 is 7.72. The standard InChI is InChI=1S/C10H9ClS/c1-2-9-6-7-5-8(11)3-4-10(7)12-9/h3-6H,2H2,1H3. The number of hydrogen-bond donors (Lipinski definition) is 0. The van der Waals surface area contributed by atoms with Crippen molar-refractivity contribution in [2.24, 2.45) is 0 Å². The minimum absolute atomic E-state index is 0.822. The highest BCUT2D eigenvalue weighted by Crippen LogP contribution is 2.28. The van der Waals surface area contributed by atoms with E-state index in [-0.39, 0.29) is 0 Å². The number of aryl methyl sites for hydroxylation is 1. The lowest BCUT2D eigenvalue weighted by molar-refractivity contribution is 1.19. The molecule has 0 atom stereocenters. The van der Waals surface area contributed by atoms with Gasteiger partial charge in [0.2, 0.25) is 0 Å². The summed E-state index contributed by atoms with van der Waals surface area (Å²) in [6, 6.07) is 8.26. The van der Waals surface area contributed by atoms with Gasteiger partial charge in [0.05, 0.1) is 0 Å². The van der Waals surface area contributed by atoms with Crippen molar-refractivity contribution < 1.29 is 0 Å². The molecule has 0 nitrogen and oxygen atoms in total. The third-order valence-corrected chi connectivity index (χ3v) is 3.37. The van der Waals surface area contributed by atoms with E-state index < -0.39 is 0 Å². The van der Waals surface area contributed by atoms with E-state index in [1.807, 2.05) is 23.5 Å². The molecule has 0 fully saturated rings. The Morgan fingerprint density at radius 3 is 2.92 bits per heavy atom. The van der Waals surface area contributed by atoms with E-state index in [0.717, 1.165) is 11.4 Å². The van der Waals surface area contributed by atoms with Gasteiger partial charge in [-0.15, -0.1) is 11.3 Å². The number of hydrogen-bond acceptors (Lipinski definition) is 1. The van der Waals surface area contributed by atoms with Gasteiger partial charge in [0.1, 0.15) is 0 Å². The van der Waals surface area contributed by atoms with E-state index in [2.05, 4.69) is 19.1 Å². The molecule has 0 spiro atoms. The average Bonchev–Trinajstić information content (AvgIpc) is 2.46. The molecule has 0 amide bonds. The predicted molar refractivity (Wildman–Crippen MR) is 56.2 cm³/mol. The summed E-state index contributed by atoms with van der Waals surface area (Å²) in [6.45, 7) is 2.17. The molecule has 1 aromatic heterocycles. The Bertz CT molecular complexity index is 403. The number of thiophene rings is 1. The quantitative estimate of drug-likeness (QED) is 0.644. The van der Waals surface area contributed by atoms with Gasteiger partial charge >= 0.3 is 0 Å².